The van der Waals surface area contributed by atoms with Crippen LogP contribution in [0.5, 0.6) is 5.75 Å². The van der Waals surface area contributed by atoms with Crippen molar-refractivity contribution in [2.24, 2.45) is 0 Å². The number of rotatable bonds is 11. The number of aromatic carboxylic acids is 1. The third kappa shape index (κ3) is 7.49. The lowest BCUT2D eigenvalue weighted by molar-refractivity contribution is -0.0629. The van der Waals surface area contributed by atoms with Crippen molar-refractivity contribution in [1.29, 1.82) is 0 Å². The smallest absolute Gasteiger partial charge is 0.339 e. The Morgan fingerprint density at radius 1 is 1.04 bits per heavy atom. The van der Waals surface area contributed by atoms with Crippen LogP contribution in [0, 0.1) is 11.6 Å². The highest BCUT2D eigenvalue weighted by molar-refractivity contribution is 7.99. The number of halogens is 2. The lowest BCUT2D eigenvalue weighted by Crippen LogP contribution is -2.33. The van der Waals surface area contributed by atoms with Gasteiger partial charge in [0, 0.05) is 24.1 Å². The molecule has 0 amide bonds. The molecule has 6 N–H and O–H groups in total. The number of nitrogens with one attached hydrogen (secondary N) is 1. The first kappa shape index (κ1) is 35.3. The molecule has 5 aromatic rings. The second-order valence-corrected chi connectivity index (χ2v) is 13.2. The van der Waals surface area contributed by atoms with Crippen molar-refractivity contribution in [3.63, 3.8) is 0 Å². The van der Waals surface area contributed by atoms with Crippen LogP contribution in [0.25, 0.3) is 21.9 Å². The average Bonchev–Trinajstić information content (AvgIpc) is 3.65. The summed E-state index contributed by atoms with van der Waals surface area (Å²) in [6.07, 6.45) is -1.04. The number of aliphatic hydroxyl groups excluding tert-OH is 3. The van der Waals surface area contributed by atoms with Gasteiger partial charge in [-0.2, -0.15) is 0 Å². The molecule has 6 atom stereocenters. The summed E-state index contributed by atoms with van der Waals surface area (Å²) in [6.45, 7) is 1.91. The summed E-state index contributed by atoms with van der Waals surface area (Å²) in [6, 6.07) is 13.5. The molecule has 2 aliphatic carbocycles. The Labute approximate surface area is 288 Å². The van der Waals surface area contributed by atoms with Gasteiger partial charge in [0.05, 0.1) is 25.4 Å². The molecule has 16 heteroatoms. The first-order valence-corrected chi connectivity index (χ1v) is 17.1. The van der Waals surface area contributed by atoms with Crippen LogP contribution in [0.1, 0.15) is 54.1 Å². The second-order valence-electron chi connectivity index (χ2n) is 12.1. The van der Waals surface area contributed by atoms with E-state index in [0.717, 1.165) is 35.4 Å². The van der Waals surface area contributed by atoms with Gasteiger partial charge in [-0.15, -0.1) is 5.10 Å². The van der Waals surface area contributed by atoms with E-state index in [9.17, 15) is 28.9 Å². The molecule has 0 saturated heterocycles. The standard InChI is InChI=1S/C23H28F2N6O4S.C11H8O3/c1-2-7-36-23-27-21(26-15-9-12(15)11-3-4-13(24)14(25)8-11)18-22(28-23)31(30-29-18)16-10-17(35-6-5-32)20(34)19(16)33;12-10-6-8-4-2-1-3-7(8)5-9(10)11(13)14/h3-4,8,12,15-17,19-20,32-34H,2,5-7,9-10H2,1H3,(H,26,27,28);1-6,12H,(H,13,14)/t12-,15+,16+,17-,19-,20+;/m0./s1. The van der Waals surface area contributed by atoms with E-state index in [2.05, 4.69) is 32.5 Å². The van der Waals surface area contributed by atoms with Gasteiger partial charge in [0.1, 0.15) is 23.5 Å². The van der Waals surface area contributed by atoms with E-state index >= 15 is 0 Å². The van der Waals surface area contributed by atoms with Gasteiger partial charge in [0.25, 0.3) is 0 Å². The number of phenols is 1. The molecule has 0 spiro atoms. The number of carboxylic acids is 1. The summed E-state index contributed by atoms with van der Waals surface area (Å²) >= 11 is 1.48. The van der Waals surface area contributed by atoms with Crippen LogP contribution in [0.15, 0.2) is 59.8 Å². The molecule has 2 aromatic heterocycles. The second kappa shape index (κ2) is 15.2. The van der Waals surface area contributed by atoms with E-state index in [1.54, 1.807) is 12.1 Å². The van der Waals surface area contributed by atoms with E-state index in [1.807, 2.05) is 18.2 Å². The molecule has 3 aromatic carbocycles. The molecular formula is C34H36F2N6O7S. The maximum Gasteiger partial charge on any atom is 0.339 e. The van der Waals surface area contributed by atoms with Crippen molar-refractivity contribution in [3.8, 4) is 5.75 Å². The Bertz CT molecular complexity index is 2000. The number of aromatic hydroxyl groups is 1. The molecule has 13 nitrogen and oxygen atoms in total. The topological polar surface area (TPSA) is 196 Å². The number of benzene rings is 3. The molecule has 264 valence electrons. The molecule has 50 heavy (non-hydrogen) atoms. The number of thioether (sulfide) groups is 1. The van der Waals surface area contributed by atoms with Crippen LogP contribution in [0.2, 0.25) is 0 Å². The highest BCUT2D eigenvalue weighted by Gasteiger charge is 2.45. The van der Waals surface area contributed by atoms with Crippen molar-refractivity contribution in [2.45, 2.75) is 67.7 Å². The zero-order valence-corrected chi connectivity index (χ0v) is 27.7. The molecule has 0 aliphatic heterocycles. The number of nitrogens with zero attached hydrogens (tertiary/aromatic N) is 5. The number of fused-ring (bicyclic) bond motifs is 2. The number of aromatic nitrogens is 5. The number of carboxylic acid groups (broad SMARTS) is 1. The van der Waals surface area contributed by atoms with Crippen LogP contribution < -0.4 is 5.32 Å². The van der Waals surface area contributed by atoms with Gasteiger partial charge in [0.15, 0.2) is 33.8 Å². The van der Waals surface area contributed by atoms with Crippen LogP contribution in [0.4, 0.5) is 14.6 Å². The molecule has 0 radical (unpaired) electrons. The SMILES string of the molecule is CCCSc1nc(N[C@@H]2C[C@H]2c2ccc(F)c(F)c2)c2nnn([C@@H]3C[C@H](OCCO)[C@@H](O)[C@H]3O)c2n1.O=C(O)c1cc2ccccc2cc1O. The maximum atomic E-state index is 13.7. The van der Waals surface area contributed by atoms with Crippen LogP contribution in [-0.4, -0.2) is 99.8 Å². The Hall–Kier alpha value is -4.48. The van der Waals surface area contributed by atoms with Gasteiger partial charge in [-0.25, -0.2) is 28.2 Å². The van der Waals surface area contributed by atoms with E-state index in [4.69, 9.17) is 14.9 Å². The number of aliphatic hydroxyl groups is 3. The minimum absolute atomic E-state index is 0.00291. The molecule has 2 heterocycles. The Balaban J connectivity index is 0.000000257. The molecule has 0 unspecified atom stereocenters. The summed E-state index contributed by atoms with van der Waals surface area (Å²) in [5.74, 6) is -1.79. The first-order valence-electron chi connectivity index (χ1n) is 16.1. The lowest BCUT2D eigenvalue weighted by Gasteiger charge is -2.17. The third-order valence-corrected chi connectivity index (χ3v) is 9.71. The van der Waals surface area contributed by atoms with Crippen LogP contribution in [-0.2, 0) is 4.74 Å². The first-order chi connectivity index (χ1) is 24.1. The van der Waals surface area contributed by atoms with Gasteiger partial charge in [-0.3, -0.25) is 0 Å². The van der Waals surface area contributed by atoms with Crippen molar-refractivity contribution in [3.05, 3.63) is 77.4 Å². The molecular weight excluding hydrogens is 674 g/mol. The minimum atomic E-state index is -1.15. The number of hydrogen-bond acceptors (Lipinski definition) is 12. The quantitative estimate of drug-likeness (QED) is 0.0842. The Kier molecular flexibility index (Phi) is 10.7. The third-order valence-electron chi connectivity index (χ3n) is 8.65. The largest absolute Gasteiger partial charge is 0.507 e. The molecule has 0 bridgehead atoms. The van der Waals surface area contributed by atoms with E-state index < -0.39 is 42.0 Å². The van der Waals surface area contributed by atoms with Gasteiger partial charge in [-0.05, 0) is 53.4 Å². The summed E-state index contributed by atoms with van der Waals surface area (Å²) in [7, 11) is 0. The number of anilines is 1. The maximum absolute atomic E-state index is 13.7. The summed E-state index contributed by atoms with van der Waals surface area (Å²) in [5.41, 5.74) is 1.46. The lowest BCUT2D eigenvalue weighted by atomic mass is 10.1. The highest BCUT2D eigenvalue weighted by atomic mass is 32.2. The van der Waals surface area contributed by atoms with Crippen molar-refractivity contribution in [1.82, 2.24) is 25.0 Å². The van der Waals surface area contributed by atoms with Crippen molar-refractivity contribution >= 4 is 45.5 Å². The molecule has 2 fully saturated rings. The Morgan fingerprint density at radius 2 is 1.80 bits per heavy atom. The average molecular weight is 711 g/mol. The molecule has 2 aliphatic rings. The summed E-state index contributed by atoms with van der Waals surface area (Å²) < 4.78 is 34.0. The van der Waals surface area contributed by atoms with Crippen LogP contribution >= 0.6 is 11.8 Å². The van der Waals surface area contributed by atoms with E-state index in [0.29, 0.717) is 27.7 Å². The number of ether oxygens (including phenoxy) is 1. The summed E-state index contributed by atoms with van der Waals surface area (Å²) in [4.78, 5) is 20.0. The highest BCUT2D eigenvalue weighted by Crippen LogP contribution is 2.44. The van der Waals surface area contributed by atoms with Crippen molar-refractivity contribution in [2.75, 3.05) is 24.3 Å². The van der Waals surface area contributed by atoms with Gasteiger partial charge >= 0.3 is 5.97 Å². The zero-order valence-electron chi connectivity index (χ0n) is 26.9. The normalized spacial score (nSPS) is 22.8. The van der Waals surface area contributed by atoms with Crippen LogP contribution in [0.3, 0.4) is 0 Å². The predicted octanol–water partition coefficient (Wildman–Crippen LogP) is 4.26. The number of hydrogen-bond donors (Lipinski definition) is 6. The monoisotopic (exact) mass is 710 g/mol. The fourth-order valence-electron chi connectivity index (χ4n) is 6.01. The molecule has 7 rings (SSSR count). The fraction of sp³-hybridized carbons (Fsp3) is 0.382. The van der Waals surface area contributed by atoms with Gasteiger partial charge in [-0.1, -0.05) is 54.2 Å². The fourth-order valence-corrected chi connectivity index (χ4v) is 6.71. The zero-order chi connectivity index (χ0) is 35.5. The number of carbonyl (C=O) groups is 1. The molecule has 2 saturated carbocycles. The van der Waals surface area contributed by atoms with Gasteiger partial charge < -0.3 is 35.6 Å². The predicted molar refractivity (Wildman–Crippen MR) is 180 cm³/mol. The van der Waals surface area contributed by atoms with E-state index in [1.165, 1.54) is 34.6 Å². The van der Waals surface area contributed by atoms with Gasteiger partial charge in [0.2, 0.25) is 0 Å². The summed E-state index contributed by atoms with van der Waals surface area (Å²) in [5, 5.41) is 62.3. The van der Waals surface area contributed by atoms with E-state index in [-0.39, 0.29) is 42.9 Å². The van der Waals surface area contributed by atoms with Crippen molar-refractivity contribution < 1.29 is 43.8 Å². The minimum Gasteiger partial charge on any atom is -0.507 e. The Morgan fingerprint density at radius 3 is 2.50 bits per heavy atom.